The summed E-state index contributed by atoms with van der Waals surface area (Å²) in [5.74, 6) is 1.92. The fourth-order valence-electron chi connectivity index (χ4n) is 3.75. The van der Waals surface area contributed by atoms with Gasteiger partial charge in [-0.05, 0) is 38.3 Å². The van der Waals surface area contributed by atoms with Crippen LogP contribution in [0.3, 0.4) is 0 Å². The maximum atomic E-state index is 12.6. The van der Waals surface area contributed by atoms with Gasteiger partial charge in [0.05, 0.1) is 0 Å². The quantitative estimate of drug-likeness (QED) is 0.765. The fraction of sp³-hybridized carbons (Fsp3) is 0.524. The average Bonchev–Trinajstić information content (AvgIpc) is 2.96. The Balaban J connectivity index is 1.55. The van der Waals surface area contributed by atoms with Crippen molar-refractivity contribution in [3.05, 3.63) is 47.9 Å². The van der Waals surface area contributed by atoms with Gasteiger partial charge in [-0.25, -0.2) is 9.97 Å². The van der Waals surface area contributed by atoms with Crippen LogP contribution in [0.1, 0.15) is 49.7 Å². The van der Waals surface area contributed by atoms with Gasteiger partial charge >= 0.3 is 0 Å². The van der Waals surface area contributed by atoms with Crippen molar-refractivity contribution in [3.63, 3.8) is 0 Å². The Labute approximate surface area is 165 Å². The van der Waals surface area contributed by atoms with E-state index >= 15 is 0 Å². The molecule has 0 bridgehead atoms. The molecule has 0 N–H and O–H groups in total. The number of furan rings is 1. The van der Waals surface area contributed by atoms with Crippen LogP contribution in [-0.2, 0) is 22.6 Å². The van der Waals surface area contributed by atoms with Crippen molar-refractivity contribution >= 4 is 11.8 Å². The van der Waals surface area contributed by atoms with Crippen molar-refractivity contribution in [1.82, 2.24) is 19.8 Å². The molecule has 7 nitrogen and oxygen atoms in total. The van der Waals surface area contributed by atoms with Crippen molar-refractivity contribution in [1.29, 1.82) is 0 Å². The zero-order valence-electron chi connectivity index (χ0n) is 16.6. The molecule has 1 atom stereocenters. The number of aryl methyl sites for hydroxylation is 2. The molecule has 1 saturated heterocycles. The molecule has 0 aliphatic carbocycles. The van der Waals surface area contributed by atoms with E-state index in [1.54, 1.807) is 19.3 Å². The molecule has 1 fully saturated rings. The van der Waals surface area contributed by atoms with Crippen molar-refractivity contribution in [2.75, 3.05) is 13.1 Å². The number of hydrogen-bond acceptors (Lipinski definition) is 5. The first-order valence-electron chi connectivity index (χ1n) is 9.87. The zero-order valence-corrected chi connectivity index (χ0v) is 16.6. The van der Waals surface area contributed by atoms with E-state index in [1.807, 2.05) is 28.9 Å². The van der Waals surface area contributed by atoms with Gasteiger partial charge in [0.1, 0.15) is 17.8 Å². The Hall–Kier alpha value is -2.70. The van der Waals surface area contributed by atoms with E-state index in [2.05, 4.69) is 9.97 Å². The normalized spacial score (nSPS) is 17.2. The van der Waals surface area contributed by atoms with Crippen LogP contribution in [-0.4, -0.2) is 50.7 Å². The van der Waals surface area contributed by atoms with E-state index in [0.717, 1.165) is 42.9 Å². The lowest BCUT2D eigenvalue weighted by molar-refractivity contribution is -0.132. The Morgan fingerprint density at radius 1 is 1.21 bits per heavy atom. The summed E-state index contributed by atoms with van der Waals surface area (Å²) in [5.41, 5.74) is 0.920. The molecule has 3 rings (SSSR count). The molecular weight excluding hydrogens is 356 g/mol. The highest BCUT2D eigenvalue weighted by atomic mass is 16.3. The van der Waals surface area contributed by atoms with Gasteiger partial charge in [0.2, 0.25) is 11.8 Å². The molecule has 1 aliphatic rings. The van der Waals surface area contributed by atoms with Crippen LogP contribution in [0, 0.1) is 6.92 Å². The van der Waals surface area contributed by atoms with Crippen LogP contribution in [0.25, 0.3) is 0 Å². The molecule has 28 heavy (non-hydrogen) atoms. The average molecular weight is 384 g/mol. The molecule has 2 amide bonds. The predicted octanol–water partition coefficient (Wildman–Crippen LogP) is 2.74. The molecular formula is C21H28N4O3. The number of hydrogen-bond donors (Lipinski definition) is 0. The van der Waals surface area contributed by atoms with Gasteiger partial charge in [-0.1, -0.05) is 0 Å². The number of carbonyl (C=O) groups is 2. The third kappa shape index (κ3) is 5.41. The summed E-state index contributed by atoms with van der Waals surface area (Å²) in [5, 5.41) is 0. The maximum Gasteiger partial charge on any atom is 0.223 e. The number of aromatic nitrogens is 2. The van der Waals surface area contributed by atoms with Crippen molar-refractivity contribution in [2.24, 2.45) is 0 Å². The number of nitrogens with zero attached hydrogens (tertiary/aromatic N) is 4. The molecule has 1 aliphatic heterocycles. The van der Waals surface area contributed by atoms with Crippen molar-refractivity contribution in [2.45, 2.75) is 58.5 Å². The predicted molar refractivity (Wildman–Crippen MR) is 104 cm³/mol. The minimum absolute atomic E-state index is 0.0434. The highest BCUT2D eigenvalue weighted by Crippen LogP contribution is 2.20. The first-order chi connectivity index (χ1) is 13.5. The second kappa shape index (κ2) is 9.48. The van der Waals surface area contributed by atoms with Gasteiger partial charge in [-0.15, -0.1) is 0 Å². The maximum absolute atomic E-state index is 12.6. The van der Waals surface area contributed by atoms with E-state index in [1.165, 1.54) is 6.33 Å². The molecule has 0 aromatic carbocycles. The van der Waals surface area contributed by atoms with Gasteiger partial charge in [-0.2, -0.15) is 0 Å². The number of rotatable bonds is 6. The zero-order chi connectivity index (χ0) is 19.9. The van der Waals surface area contributed by atoms with Crippen molar-refractivity contribution < 1.29 is 14.0 Å². The Morgan fingerprint density at radius 3 is 2.68 bits per heavy atom. The summed E-state index contributed by atoms with van der Waals surface area (Å²) in [4.78, 5) is 36.7. The van der Waals surface area contributed by atoms with Crippen molar-refractivity contribution in [3.8, 4) is 0 Å². The lowest BCUT2D eigenvalue weighted by Gasteiger charge is -2.30. The van der Waals surface area contributed by atoms with E-state index in [9.17, 15) is 9.59 Å². The number of carbonyl (C=O) groups excluding carboxylic acids is 2. The fourth-order valence-corrected chi connectivity index (χ4v) is 3.75. The SMILES string of the molecule is CC(=O)N(Cc1cncnc1)C1CCCN(C(=O)CCc2ccc(C)o2)CC1. The molecule has 0 saturated carbocycles. The summed E-state index contributed by atoms with van der Waals surface area (Å²) < 4.78 is 5.55. The van der Waals surface area contributed by atoms with Crippen LogP contribution in [0.2, 0.25) is 0 Å². The monoisotopic (exact) mass is 384 g/mol. The molecule has 1 unspecified atom stereocenters. The van der Waals surface area contributed by atoms with Crippen LogP contribution >= 0.6 is 0 Å². The Bertz CT molecular complexity index is 790. The van der Waals surface area contributed by atoms with E-state index in [4.69, 9.17) is 4.42 Å². The summed E-state index contributed by atoms with van der Waals surface area (Å²) in [6.07, 6.45) is 8.63. The molecule has 2 aromatic heterocycles. The van der Waals surface area contributed by atoms with Gasteiger partial charge in [-0.3, -0.25) is 9.59 Å². The Kier molecular flexibility index (Phi) is 6.79. The Morgan fingerprint density at radius 2 is 2.00 bits per heavy atom. The standard InChI is InChI=1S/C21H28N4O3/c1-16-5-6-20(28-16)7-8-21(27)24-10-3-4-19(9-11-24)25(17(2)26)14-18-12-22-15-23-13-18/h5-6,12-13,15,19H,3-4,7-11,14H2,1-2H3. The van der Waals surface area contributed by atoms with Crippen LogP contribution in [0.4, 0.5) is 0 Å². The molecule has 3 heterocycles. The van der Waals surface area contributed by atoms with Gasteiger partial charge in [0.15, 0.2) is 0 Å². The molecule has 2 aromatic rings. The lowest BCUT2D eigenvalue weighted by atomic mass is 10.1. The van der Waals surface area contributed by atoms with Crippen LogP contribution in [0.15, 0.2) is 35.3 Å². The van der Waals surface area contributed by atoms with Crippen LogP contribution < -0.4 is 0 Å². The van der Waals surface area contributed by atoms with Gasteiger partial charge < -0.3 is 14.2 Å². The number of amides is 2. The second-order valence-corrected chi connectivity index (χ2v) is 7.37. The lowest BCUT2D eigenvalue weighted by Crippen LogP contribution is -2.39. The third-order valence-corrected chi connectivity index (χ3v) is 5.24. The highest BCUT2D eigenvalue weighted by molar-refractivity contribution is 5.76. The summed E-state index contributed by atoms with van der Waals surface area (Å²) in [7, 11) is 0. The first kappa shape index (κ1) is 20.0. The second-order valence-electron chi connectivity index (χ2n) is 7.37. The third-order valence-electron chi connectivity index (χ3n) is 5.24. The largest absolute Gasteiger partial charge is 0.466 e. The summed E-state index contributed by atoms with van der Waals surface area (Å²) >= 11 is 0. The number of likely N-dealkylation sites (tertiary alicyclic amines) is 1. The highest BCUT2D eigenvalue weighted by Gasteiger charge is 2.26. The van der Waals surface area contributed by atoms with E-state index < -0.39 is 0 Å². The summed E-state index contributed by atoms with van der Waals surface area (Å²) in [6.45, 7) is 5.43. The summed E-state index contributed by atoms with van der Waals surface area (Å²) in [6, 6.07) is 3.98. The molecule has 0 radical (unpaired) electrons. The van der Waals surface area contributed by atoms with Crippen LogP contribution in [0.5, 0.6) is 0 Å². The molecule has 7 heteroatoms. The smallest absolute Gasteiger partial charge is 0.223 e. The minimum Gasteiger partial charge on any atom is -0.466 e. The molecule has 0 spiro atoms. The van der Waals surface area contributed by atoms with E-state index in [-0.39, 0.29) is 17.9 Å². The molecule has 150 valence electrons. The van der Waals surface area contributed by atoms with Gasteiger partial charge in [0.25, 0.3) is 0 Å². The minimum atomic E-state index is 0.0434. The topological polar surface area (TPSA) is 79.5 Å². The van der Waals surface area contributed by atoms with E-state index in [0.29, 0.717) is 25.9 Å². The first-order valence-corrected chi connectivity index (χ1v) is 9.87. The van der Waals surface area contributed by atoms with Gasteiger partial charge in [0, 0.05) is 63.4 Å².